The molecule has 2 rings (SSSR count). The van der Waals surface area contributed by atoms with Gasteiger partial charge in [0.15, 0.2) is 18.2 Å². The van der Waals surface area contributed by atoms with Crippen LogP contribution in [-0.2, 0) is 4.79 Å². The molecule has 1 heterocycles. The van der Waals surface area contributed by atoms with E-state index in [0.717, 1.165) is 6.42 Å². The van der Waals surface area contributed by atoms with Crippen LogP contribution in [0.5, 0.6) is 5.75 Å². The standard InChI is InChI=1S/C13H16FNO3/c14-11-3-1-2-4-12(11)18-9-13(17)15-6-5-10(7-15)8-16/h1-4,10,16H,5-9H2. The van der Waals surface area contributed by atoms with Gasteiger partial charge in [-0.3, -0.25) is 4.79 Å². The average Bonchev–Trinajstić information content (AvgIpc) is 2.86. The third-order valence-corrected chi connectivity index (χ3v) is 3.08. The van der Waals surface area contributed by atoms with Gasteiger partial charge < -0.3 is 14.7 Å². The topological polar surface area (TPSA) is 49.8 Å². The van der Waals surface area contributed by atoms with Gasteiger partial charge in [0.1, 0.15) is 0 Å². The first-order valence-corrected chi connectivity index (χ1v) is 5.96. The number of carbonyl (C=O) groups excluding carboxylic acids is 1. The Balaban J connectivity index is 1.84. The second-order valence-corrected chi connectivity index (χ2v) is 4.40. The molecule has 0 bridgehead atoms. The molecule has 0 aromatic heterocycles. The zero-order valence-electron chi connectivity index (χ0n) is 10.0. The monoisotopic (exact) mass is 253 g/mol. The molecule has 0 spiro atoms. The minimum atomic E-state index is -0.472. The second kappa shape index (κ2) is 5.82. The van der Waals surface area contributed by atoms with Gasteiger partial charge in [-0.15, -0.1) is 0 Å². The summed E-state index contributed by atoms with van der Waals surface area (Å²) >= 11 is 0. The van der Waals surface area contributed by atoms with Crippen molar-refractivity contribution in [2.24, 2.45) is 5.92 Å². The molecule has 1 aliphatic rings. The molecule has 18 heavy (non-hydrogen) atoms. The molecule has 1 fully saturated rings. The van der Waals surface area contributed by atoms with E-state index in [1.54, 1.807) is 17.0 Å². The Morgan fingerprint density at radius 2 is 2.28 bits per heavy atom. The van der Waals surface area contributed by atoms with E-state index in [2.05, 4.69) is 0 Å². The molecule has 0 aliphatic carbocycles. The van der Waals surface area contributed by atoms with E-state index in [0.29, 0.717) is 13.1 Å². The van der Waals surface area contributed by atoms with Gasteiger partial charge in [-0.05, 0) is 18.6 Å². The van der Waals surface area contributed by atoms with Gasteiger partial charge in [-0.2, -0.15) is 0 Å². The number of aliphatic hydroxyl groups excluding tert-OH is 1. The number of hydrogen-bond donors (Lipinski definition) is 1. The lowest BCUT2D eigenvalue weighted by Gasteiger charge is -2.16. The number of rotatable bonds is 4. The minimum absolute atomic E-state index is 0.0868. The predicted molar refractivity (Wildman–Crippen MR) is 63.7 cm³/mol. The summed E-state index contributed by atoms with van der Waals surface area (Å²) in [4.78, 5) is 13.4. The van der Waals surface area contributed by atoms with Crippen molar-refractivity contribution in [3.05, 3.63) is 30.1 Å². The number of likely N-dealkylation sites (tertiary alicyclic amines) is 1. The molecule has 1 atom stereocenters. The van der Waals surface area contributed by atoms with Crippen LogP contribution in [0.3, 0.4) is 0 Å². The van der Waals surface area contributed by atoms with Crippen molar-refractivity contribution in [2.45, 2.75) is 6.42 Å². The van der Waals surface area contributed by atoms with E-state index in [1.807, 2.05) is 0 Å². The van der Waals surface area contributed by atoms with Crippen LogP contribution in [-0.4, -0.2) is 42.2 Å². The second-order valence-electron chi connectivity index (χ2n) is 4.40. The Morgan fingerprint density at radius 3 is 2.94 bits per heavy atom. The molecular weight excluding hydrogens is 237 g/mol. The largest absolute Gasteiger partial charge is 0.481 e. The zero-order valence-corrected chi connectivity index (χ0v) is 10.0. The van der Waals surface area contributed by atoms with Crippen molar-refractivity contribution in [3.63, 3.8) is 0 Å². The summed E-state index contributed by atoms with van der Waals surface area (Å²) in [5.41, 5.74) is 0. The van der Waals surface area contributed by atoms with Crippen LogP contribution < -0.4 is 4.74 Å². The Hall–Kier alpha value is -1.62. The summed E-state index contributed by atoms with van der Waals surface area (Å²) in [6.45, 7) is 1.11. The zero-order chi connectivity index (χ0) is 13.0. The Bertz CT molecular complexity index is 424. The van der Waals surface area contributed by atoms with E-state index in [9.17, 15) is 9.18 Å². The number of benzene rings is 1. The molecule has 1 saturated heterocycles. The predicted octanol–water partition coefficient (Wildman–Crippen LogP) is 1.05. The lowest BCUT2D eigenvalue weighted by atomic mass is 10.1. The van der Waals surface area contributed by atoms with Crippen LogP contribution in [0.1, 0.15) is 6.42 Å². The highest BCUT2D eigenvalue weighted by Crippen LogP contribution is 2.17. The Kier molecular flexibility index (Phi) is 4.15. The molecule has 98 valence electrons. The van der Waals surface area contributed by atoms with Gasteiger partial charge in [0.05, 0.1) is 0 Å². The van der Waals surface area contributed by atoms with E-state index < -0.39 is 5.82 Å². The van der Waals surface area contributed by atoms with Crippen molar-refractivity contribution < 1.29 is 19.0 Å². The maximum atomic E-state index is 13.3. The fraction of sp³-hybridized carbons (Fsp3) is 0.462. The minimum Gasteiger partial charge on any atom is -0.481 e. The van der Waals surface area contributed by atoms with Crippen molar-refractivity contribution in [1.29, 1.82) is 0 Å². The number of aliphatic hydroxyl groups is 1. The number of ether oxygens (including phenoxy) is 1. The van der Waals surface area contributed by atoms with Crippen LogP contribution in [0.2, 0.25) is 0 Å². The van der Waals surface area contributed by atoms with Gasteiger partial charge in [-0.25, -0.2) is 4.39 Å². The molecule has 0 radical (unpaired) electrons. The maximum absolute atomic E-state index is 13.3. The third kappa shape index (κ3) is 2.98. The van der Waals surface area contributed by atoms with Gasteiger partial charge in [0.25, 0.3) is 5.91 Å². The molecule has 1 unspecified atom stereocenters. The molecule has 1 aromatic carbocycles. The molecule has 1 aromatic rings. The number of halogens is 1. The van der Waals surface area contributed by atoms with Crippen molar-refractivity contribution >= 4 is 5.91 Å². The first-order valence-electron chi connectivity index (χ1n) is 5.96. The van der Waals surface area contributed by atoms with Gasteiger partial charge in [0, 0.05) is 25.6 Å². The first kappa shape index (κ1) is 12.8. The van der Waals surface area contributed by atoms with E-state index >= 15 is 0 Å². The van der Waals surface area contributed by atoms with Crippen LogP contribution >= 0.6 is 0 Å². The average molecular weight is 253 g/mol. The fourth-order valence-electron chi connectivity index (χ4n) is 2.00. The molecule has 5 heteroatoms. The number of hydrogen-bond acceptors (Lipinski definition) is 3. The summed E-state index contributed by atoms with van der Waals surface area (Å²) in [6, 6.07) is 6.00. The normalized spacial score (nSPS) is 19.0. The van der Waals surface area contributed by atoms with Crippen molar-refractivity contribution in [3.8, 4) is 5.75 Å². The summed E-state index contributed by atoms with van der Waals surface area (Å²) in [5, 5.41) is 8.99. The molecule has 0 saturated carbocycles. The Morgan fingerprint density at radius 1 is 1.50 bits per heavy atom. The lowest BCUT2D eigenvalue weighted by molar-refractivity contribution is -0.132. The van der Waals surface area contributed by atoms with E-state index in [1.165, 1.54) is 12.1 Å². The third-order valence-electron chi connectivity index (χ3n) is 3.08. The number of amides is 1. The van der Waals surface area contributed by atoms with Crippen LogP contribution in [0.25, 0.3) is 0 Å². The highest BCUT2D eigenvalue weighted by Gasteiger charge is 2.25. The molecule has 1 aliphatic heterocycles. The SMILES string of the molecule is O=C(COc1ccccc1F)N1CCC(CO)C1. The Labute approximate surface area is 105 Å². The van der Waals surface area contributed by atoms with Crippen LogP contribution in [0.15, 0.2) is 24.3 Å². The summed E-state index contributed by atoms with van der Waals surface area (Å²) < 4.78 is 18.4. The lowest BCUT2D eigenvalue weighted by Crippen LogP contribution is -2.33. The number of nitrogens with zero attached hydrogens (tertiary/aromatic N) is 1. The van der Waals surface area contributed by atoms with Crippen LogP contribution in [0, 0.1) is 11.7 Å². The first-order chi connectivity index (χ1) is 8.70. The summed E-state index contributed by atoms with van der Waals surface area (Å²) in [7, 11) is 0. The van der Waals surface area contributed by atoms with Crippen molar-refractivity contribution in [2.75, 3.05) is 26.3 Å². The fourth-order valence-corrected chi connectivity index (χ4v) is 2.00. The molecular formula is C13H16FNO3. The molecule has 1 N–H and O–H groups in total. The maximum Gasteiger partial charge on any atom is 0.260 e. The van der Waals surface area contributed by atoms with Gasteiger partial charge >= 0.3 is 0 Å². The molecule has 4 nitrogen and oxygen atoms in total. The van der Waals surface area contributed by atoms with E-state index in [4.69, 9.17) is 9.84 Å². The van der Waals surface area contributed by atoms with Gasteiger partial charge in [0.2, 0.25) is 0 Å². The summed E-state index contributed by atoms with van der Waals surface area (Å²) in [5.74, 6) is -0.402. The van der Waals surface area contributed by atoms with Crippen molar-refractivity contribution in [1.82, 2.24) is 4.90 Å². The molecule has 1 amide bonds. The smallest absolute Gasteiger partial charge is 0.260 e. The van der Waals surface area contributed by atoms with Gasteiger partial charge in [-0.1, -0.05) is 12.1 Å². The summed E-state index contributed by atoms with van der Waals surface area (Å²) in [6.07, 6.45) is 0.807. The number of carbonyl (C=O) groups is 1. The highest BCUT2D eigenvalue weighted by molar-refractivity contribution is 5.78. The quantitative estimate of drug-likeness (QED) is 0.872. The highest BCUT2D eigenvalue weighted by atomic mass is 19.1. The van der Waals surface area contributed by atoms with E-state index in [-0.39, 0.29) is 30.8 Å². The van der Waals surface area contributed by atoms with Crippen LogP contribution in [0.4, 0.5) is 4.39 Å². The number of para-hydroxylation sites is 1.